The molecular weight excluding hydrogens is 244 g/mol. The first-order chi connectivity index (χ1) is 9.83. The van der Waals surface area contributed by atoms with Crippen molar-refractivity contribution in [2.24, 2.45) is 0 Å². The molecule has 0 radical (unpaired) electrons. The zero-order chi connectivity index (χ0) is 13.8. The Labute approximate surface area is 119 Å². The highest BCUT2D eigenvalue weighted by atomic mass is 16.3. The number of phenolic OH excluding ortho intramolecular Hbond substituents is 1. The molecule has 0 unspecified atom stereocenters. The van der Waals surface area contributed by atoms with Gasteiger partial charge in [-0.3, -0.25) is 0 Å². The van der Waals surface area contributed by atoms with Crippen LogP contribution in [0.4, 0.5) is 0 Å². The Bertz CT molecular complexity index is 687. The van der Waals surface area contributed by atoms with Crippen LogP contribution in [0.2, 0.25) is 0 Å². The van der Waals surface area contributed by atoms with Crippen molar-refractivity contribution >= 4 is 0 Å². The van der Waals surface area contributed by atoms with Crippen molar-refractivity contribution in [2.75, 3.05) is 0 Å². The van der Waals surface area contributed by atoms with E-state index in [1.54, 1.807) is 6.07 Å². The maximum Gasteiger partial charge on any atom is 0.123 e. The van der Waals surface area contributed by atoms with E-state index in [4.69, 9.17) is 0 Å². The average molecular weight is 260 g/mol. The Morgan fingerprint density at radius 2 is 1.30 bits per heavy atom. The molecule has 0 saturated heterocycles. The Morgan fingerprint density at radius 1 is 0.650 bits per heavy atom. The first-order valence-corrected chi connectivity index (χ1v) is 6.74. The van der Waals surface area contributed by atoms with Crippen LogP contribution >= 0.6 is 0 Å². The largest absolute Gasteiger partial charge is 0.507 e. The summed E-state index contributed by atoms with van der Waals surface area (Å²) < 4.78 is 0. The molecule has 1 N–H and O–H groups in total. The van der Waals surface area contributed by atoms with Gasteiger partial charge in [-0.15, -0.1) is 0 Å². The SMILES string of the molecule is Oc1ccc(Cc2ccccc2)cc1-c1ccccc1. The zero-order valence-corrected chi connectivity index (χ0v) is 11.2. The summed E-state index contributed by atoms with van der Waals surface area (Å²) in [6.45, 7) is 0. The number of hydrogen-bond acceptors (Lipinski definition) is 1. The van der Waals surface area contributed by atoms with E-state index >= 15 is 0 Å². The Balaban J connectivity index is 1.95. The van der Waals surface area contributed by atoms with E-state index in [1.165, 1.54) is 11.1 Å². The van der Waals surface area contributed by atoms with Crippen molar-refractivity contribution in [3.8, 4) is 16.9 Å². The number of aromatic hydroxyl groups is 1. The standard InChI is InChI=1S/C19H16O/c20-19-12-11-16(13-15-7-3-1-4-8-15)14-18(19)17-9-5-2-6-10-17/h1-12,14,20H,13H2. The van der Waals surface area contributed by atoms with Crippen molar-refractivity contribution < 1.29 is 5.11 Å². The van der Waals surface area contributed by atoms with Gasteiger partial charge in [0.2, 0.25) is 0 Å². The molecule has 1 heteroatoms. The van der Waals surface area contributed by atoms with Gasteiger partial charge >= 0.3 is 0 Å². The van der Waals surface area contributed by atoms with Gasteiger partial charge in [-0.25, -0.2) is 0 Å². The summed E-state index contributed by atoms with van der Waals surface area (Å²) in [6.07, 6.45) is 0.876. The fourth-order valence-electron chi connectivity index (χ4n) is 2.37. The maximum atomic E-state index is 10.1. The van der Waals surface area contributed by atoms with E-state index in [0.717, 1.165) is 17.5 Å². The lowest BCUT2D eigenvalue weighted by Gasteiger charge is -2.08. The van der Waals surface area contributed by atoms with Gasteiger partial charge in [-0.1, -0.05) is 66.7 Å². The number of benzene rings is 3. The lowest BCUT2D eigenvalue weighted by Crippen LogP contribution is -1.89. The molecule has 20 heavy (non-hydrogen) atoms. The second-order valence-corrected chi connectivity index (χ2v) is 4.88. The minimum absolute atomic E-state index is 0.327. The van der Waals surface area contributed by atoms with Crippen LogP contribution in [0.5, 0.6) is 5.75 Å². The molecule has 3 rings (SSSR count). The van der Waals surface area contributed by atoms with Gasteiger partial charge < -0.3 is 5.11 Å². The number of phenols is 1. The van der Waals surface area contributed by atoms with Gasteiger partial charge in [-0.05, 0) is 35.2 Å². The molecule has 0 fully saturated rings. The third-order valence-corrected chi connectivity index (χ3v) is 3.40. The third kappa shape index (κ3) is 2.72. The monoisotopic (exact) mass is 260 g/mol. The fourth-order valence-corrected chi connectivity index (χ4v) is 2.37. The molecule has 0 aliphatic carbocycles. The first kappa shape index (κ1) is 12.5. The molecule has 0 amide bonds. The molecule has 0 saturated carbocycles. The summed E-state index contributed by atoms with van der Waals surface area (Å²) in [6, 6.07) is 26.2. The number of hydrogen-bond donors (Lipinski definition) is 1. The fraction of sp³-hybridized carbons (Fsp3) is 0.0526. The van der Waals surface area contributed by atoms with E-state index in [-0.39, 0.29) is 0 Å². The second-order valence-electron chi connectivity index (χ2n) is 4.88. The van der Waals surface area contributed by atoms with Crippen molar-refractivity contribution in [2.45, 2.75) is 6.42 Å². The van der Waals surface area contributed by atoms with Crippen LogP contribution in [-0.2, 0) is 6.42 Å². The highest BCUT2D eigenvalue weighted by Crippen LogP contribution is 2.30. The van der Waals surface area contributed by atoms with E-state index in [2.05, 4.69) is 18.2 Å². The third-order valence-electron chi connectivity index (χ3n) is 3.40. The van der Waals surface area contributed by atoms with Crippen LogP contribution in [-0.4, -0.2) is 5.11 Å². The lowest BCUT2D eigenvalue weighted by molar-refractivity contribution is 0.477. The minimum Gasteiger partial charge on any atom is -0.507 e. The highest BCUT2D eigenvalue weighted by molar-refractivity contribution is 5.70. The molecule has 3 aromatic carbocycles. The molecule has 0 aliphatic heterocycles. The molecule has 0 atom stereocenters. The molecule has 0 aliphatic rings. The molecule has 1 nitrogen and oxygen atoms in total. The average Bonchev–Trinajstić information content (AvgIpc) is 2.51. The minimum atomic E-state index is 0.327. The second kappa shape index (κ2) is 5.62. The van der Waals surface area contributed by atoms with E-state index < -0.39 is 0 Å². The van der Waals surface area contributed by atoms with Crippen LogP contribution in [0, 0.1) is 0 Å². The van der Waals surface area contributed by atoms with Crippen molar-refractivity contribution in [1.82, 2.24) is 0 Å². The van der Waals surface area contributed by atoms with Gasteiger partial charge in [0.05, 0.1) is 0 Å². The Hall–Kier alpha value is -2.54. The predicted molar refractivity (Wildman–Crippen MR) is 82.8 cm³/mol. The molecule has 98 valence electrons. The summed E-state index contributed by atoms with van der Waals surface area (Å²) in [4.78, 5) is 0. The molecular formula is C19H16O. The maximum absolute atomic E-state index is 10.1. The van der Waals surface area contributed by atoms with Crippen molar-refractivity contribution in [3.63, 3.8) is 0 Å². The van der Waals surface area contributed by atoms with Crippen LogP contribution < -0.4 is 0 Å². The summed E-state index contributed by atoms with van der Waals surface area (Å²) in [5.41, 5.74) is 4.41. The van der Waals surface area contributed by atoms with Crippen molar-refractivity contribution in [1.29, 1.82) is 0 Å². The smallest absolute Gasteiger partial charge is 0.123 e. The van der Waals surface area contributed by atoms with Gasteiger partial charge in [0.25, 0.3) is 0 Å². The molecule has 3 aromatic rings. The summed E-state index contributed by atoms with van der Waals surface area (Å²) in [7, 11) is 0. The van der Waals surface area contributed by atoms with E-state index in [9.17, 15) is 5.11 Å². The number of rotatable bonds is 3. The van der Waals surface area contributed by atoms with E-state index in [0.29, 0.717) is 5.75 Å². The normalized spacial score (nSPS) is 10.4. The summed E-state index contributed by atoms with van der Waals surface area (Å²) >= 11 is 0. The Kier molecular flexibility index (Phi) is 3.51. The topological polar surface area (TPSA) is 20.2 Å². The van der Waals surface area contributed by atoms with Crippen LogP contribution in [0.25, 0.3) is 11.1 Å². The molecule has 0 aromatic heterocycles. The highest BCUT2D eigenvalue weighted by Gasteiger charge is 2.05. The van der Waals surface area contributed by atoms with Gasteiger partial charge in [0.15, 0.2) is 0 Å². The van der Waals surface area contributed by atoms with Crippen LogP contribution in [0.3, 0.4) is 0 Å². The van der Waals surface area contributed by atoms with Gasteiger partial charge in [0.1, 0.15) is 5.75 Å². The summed E-state index contributed by atoms with van der Waals surface area (Å²) in [5.74, 6) is 0.327. The predicted octanol–water partition coefficient (Wildman–Crippen LogP) is 4.65. The zero-order valence-electron chi connectivity index (χ0n) is 11.2. The molecule has 0 heterocycles. The van der Waals surface area contributed by atoms with Crippen molar-refractivity contribution in [3.05, 3.63) is 90.0 Å². The molecule has 0 spiro atoms. The Morgan fingerprint density at radius 3 is 2.00 bits per heavy atom. The van der Waals surface area contributed by atoms with E-state index in [1.807, 2.05) is 54.6 Å². The van der Waals surface area contributed by atoms with Crippen LogP contribution in [0.15, 0.2) is 78.9 Å². The quantitative estimate of drug-likeness (QED) is 0.726. The molecule has 0 bridgehead atoms. The van der Waals surface area contributed by atoms with Gasteiger partial charge in [0, 0.05) is 5.56 Å². The lowest BCUT2D eigenvalue weighted by atomic mass is 9.98. The first-order valence-electron chi connectivity index (χ1n) is 6.74. The van der Waals surface area contributed by atoms with Gasteiger partial charge in [-0.2, -0.15) is 0 Å². The summed E-state index contributed by atoms with van der Waals surface area (Å²) in [5, 5.41) is 10.1. The van der Waals surface area contributed by atoms with Crippen LogP contribution in [0.1, 0.15) is 11.1 Å².